The smallest absolute Gasteiger partial charge is 0.119 e. The maximum Gasteiger partial charge on any atom is 0.119 e. The van der Waals surface area contributed by atoms with Gasteiger partial charge in [-0.1, -0.05) is 18.6 Å². The summed E-state index contributed by atoms with van der Waals surface area (Å²) in [5.74, 6) is 4.44. The monoisotopic (exact) mass is 273 g/mol. The first-order chi connectivity index (χ1) is 9.67. The molecule has 4 unspecified atom stereocenters. The molecule has 2 saturated carbocycles. The third-order valence-corrected chi connectivity index (χ3v) is 5.39. The fourth-order valence-corrected chi connectivity index (χ4v) is 4.53. The summed E-state index contributed by atoms with van der Waals surface area (Å²) in [5.41, 5.74) is 1.49. The summed E-state index contributed by atoms with van der Waals surface area (Å²) in [7, 11) is 6.19. The number of hydrogen-bond acceptors (Lipinski definition) is 2. The summed E-state index contributed by atoms with van der Waals surface area (Å²) < 4.78 is 5.42. The van der Waals surface area contributed by atoms with Crippen molar-refractivity contribution in [1.82, 2.24) is 4.90 Å². The zero-order chi connectivity index (χ0) is 14.1. The number of nitrogens with zero attached hydrogens (tertiary/aromatic N) is 1. The van der Waals surface area contributed by atoms with Crippen molar-refractivity contribution < 1.29 is 4.74 Å². The van der Waals surface area contributed by atoms with Crippen molar-refractivity contribution in [2.24, 2.45) is 17.8 Å². The van der Waals surface area contributed by atoms with E-state index in [1.807, 2.05) is 0 Å². The lowest BCUT2D eigenvalue weighted by atomic mass is 9.69. The summed E-state index contributed by atoms with van der Waals surface area (Å²) in [6, 6.07) is 8.78. The molecule has 1 aromatic rings. The van der Waals surface area contributed by atoms with Gasteiger partial charge in [-0.3, -0.25) is 0 Å². The van der Waals surface area contributed by atoms with E-state index in [0.717, 1.165) is 29.4 Å². The quantitative estimate of drug-likeness (QED) is 0.828. The molecule has 2 bridgehead atoms. The molecule has 2 aliphatic rings. The Bertz CT molecular complexity index is 456. The van der Waals surface area contributed by atoms with Crippen molar-refractivity contribution in [2.45, 2.75) is 31.6 Å². The van der Waals surface area contributed by atoms with Gasteiger partial charge in [0.1, 0.15) is 5.75 Å². The van der Waals surface area contributed by atoms with Crippen LogP contribution < -0.4 is 4.74 Å². The van der Waals surface area contributed by atoms with E-state index >= 15 is 0 Å². The largest absolute Gasteiger partial charge is 0.497 e. The predicted octanol–water partition coefficient (Wildman–Crippen LogP) is 3.78. The molecule has 0 aliphatic heterocycles. The number of ether oxygens (including phenoxy) is 1. The molecule has 0 N–H and O–H groups in total. The normalized spacial score (nSPS) is 32.6. The molecule has 2 heteroatoms. The molecule has 110 valence electrons. The van der Waals surface area contributed by atoms with Crippen LogP contribution in [0, 0.1) is 17.8 Å². The van der Waals surface area contributed by atoms with E-state index in [2.05, 4.69) is 43.3 Å². The molecule has 0 aromatic heterocycles. The highest BCUT2D eigenvalue weighted by molar-refractivity contribution is 5.32. The van der Waals surface area contributed by atoms with Gasteiger partial charge in [0, 0.05) is 6.54 Å². The Morgan fingerprint density at radius 1 is 1.20 bits per heavy atom. The highest BCUT2D eigenvalue weighted by atomic mass is 16.5. The molecule has 0 spiro atoms. The minimum absolute atomic E-state index is 0.721. The van der Waals surface area contributed by atoms with Crippen LogP contribution in [0.3, 0.4) is 0 Å². The zero-order valence-corrected chi connectivity index (χ0v) is 13.0. The van der Waals surface area contributed by atoms with Gasteiger partial charge >= 0.3 is 0 Å². The molecule has 20 heavy (non-hydrogen) atoms. The van der Waals surface area contributed by atoms with E-state index in [4.69, 9.17) is 4.74 Å². The lowest BCUT2D eigenvalue weighted by molar-refractivity contribution is 0.165. The van der Waals surface area contributed by atoms with Gasteiger partial charge in [-0.15, -0.1) is 0 Å². The molecular formula is C18H27NO. The lowest BCUT2D eigenvalue weighted by Crippen LogP contribution is -2.34. The van der Waals surface area contributed by atoms with E-state index in [1.54, 1.807) is 7.11 Å². The Kier molecular flexibility index (Phi) is 4.02. The van der Waals surface area contributed by atoms with Crippen LogP contribution in [0.2, 0.25) is 0 Å². The van der Waals surface area contributed by atoms with Crippen LogP contribution in [0.4, 0.5) is 0 Å². The molecule has 0 radical (unpaired) electrons. The van der Waals surface area contributed by atoms with Gasteiger partial charge in [0.2, 0.25) is 0 Å². The third-order valence-electron chi connectivity index (χ3n) is 5.39. The molecule has 1 aromatic carbocycles. The van der Waals surface area contributed by atoms with Gasteiger partial charge in [-0.2, -0.15) is 0 Å². The second-order valence-electron chi connectivity index (χ2n) is 6.98. The van der Waals surface area contributed by atoms with E-state index in [0.29, 0.717) is 0 Å². The molecule has 0 heterocycles. The average Bonchev–Trinajstić information content (AvgIpc) is 2.84. The van der Waals surface area contributed by atoms with Crippen LogP contribution in [-0.2, 0) is 0 Å². The van der Waals surface area contributed by atoms with Crippen LogP contribution in [0.5, 0.6) is 5.75 Å². The summed E-state index contributed by atoms with van der Waals surface area (Å²) in [6.45, 7) is 1.22. The van der Waals surface area contributed by atoms with Crippen molar-refractivity contribution >= 4 is 0 Å². The summed E-state index contributed by atoms with van der Waals surface area (Å²) >= 11 is 0. The van der Waals surface area contributed by atoms with Crippen molar-refractivity contribution in [3.8, 4) is 5.75 Å². The van der Waals surface area contributed by atoms with Crippen LogP contribution in [0.25, 0.3) is 0 Å². The lowest BCUT2D eigenvalue weighted by Gasteiger charge is -2.38. The number of methoxy groups -OCH3 is 1. The second-order valence-corrected chi connectivity index (χ2v) is 6.98. The molecule has 4 atom stereocenters. The number of hydrogen-bond donors (Lipinski definition) is 0. The minimum Gasteiger partial charge on any atom is -0.497 e. The third kappa shape index (κ3) is 2.71. The Morgan fingerprint density at radius 3 is 2.80 bits per heavy atom. The fraction of sp³-hybridized carbons (Fsp3) is 0.667. The van der Waals surface area contributed by atoms with Crippen LogP contribution in [-0.4, -0.2) is 32.6 Å². The molecule has 0 saturated heterocycles. The van der Waals surface area contributed by atoms with Gasteiger partial charge in [-0.25, -0.2) is 0 Å². The Balaban J connectivity index is 1.87. The topological polar surface area (TPSA) is 12.5 Å². The number of rotatable bonds is 4. The average molecular weight is 273 g/mol. The van der Waals surface area contributed by atoms with Gasteiger partial charge in [0.25, 0.3) is 0 Å². The Morgan fingerprint density at radius 2 is 2.05 bits per heavy atom. The highest BCUT2D eigenvalue weighted by Crippen LogP contribution is 2.52. The standard InChI is InChI=1S/C18H27NO/c1-19(2)12-18-15-8-7-13(9-15)10-17(18)14-5-4-6-16(11-14)20-3/h4-6,11,13,15,17-18H,7-10,12H2,1-3H3. The molecule has 3 rings (SSSR count). The molecule has 2 aliphatic carbocycles. The summed E-state index contributed by atoms with van der Waals surface area (Å²) in [4.78, 5) is 2.37. The molecule has 0 amide bonds. The van der Waals surface area contributed by atoms with E-state index < -0.39 is 0 Å². The molecular weight excluding hydrogens is 246 g/mol. The van der Waals surface area contributed by atoms with E-state index in [9.17, 15) is 0 Å². The van der Waals surface area contributed by atoms with Crippen molar-refractivity contribution in [3.05, 3.63) is 29.8 Å². The van der Waals surface area contributed by atoms with Gasteiger partial charge in [-0.05, 0) is 74.7 Å². The van der Waals surface area contributed by atoms with Crippen molar-refractivity contribution in [2.75, 3.05) is 27.7 Å². The number of benzene rings is 1. The van der Waals surface area contributed by atoms with Crippen LogP contribution in [0.1, 0.15) is 37.2 Å². The Labute approximate surface area is 123 Å². The minimum atomic E-state index is 0.721. The maximum absolute atomic E-state index is 5.42. The Hall–Kier alpha value is -1.02. The number of fused-ring (bicyclic) bond motifs is 2. The fourth-order valence-electron chi connectivity index (χ4n) is 4.53. The first-order valence-electron chi connectivity index (χ1n) is 7.96. The van der Waals surface area contributed by atoms with Gasteiger partial charge in [0.05, 0.1) is 7.11 Å². The maximum atomic E-state index is 5.42. The van der Waals surface area contributed by atoms with Crippen LogP contribution >= 0.6 is 0 Å². The molecule has 2 nitrogen and oxygen atoms in total. The second kappa shape index (κ2) is 5.77. The van der Waals surface area contributed by atoms with Crippen LogP contribution in [0.15, 0.2) is 24.3 Å². The van der Waals surface area contributed by atoms with Gasteiger partial charge in [0.15, 0.2) is 0 Å². The SMILES string of the molecule is COc1cccc(C2CC3CCC(C3)C2CN(C)C)c1. The highest BCUT2D eigenvalue weighted by Gasteiger charge is 2.42. The zero-order valence-electron chi connectivity index (χ0n) is 13.0. The predicted molar refractivity (Wildman–Crippen MR) is 83.2 cm³/mol. The summed E-state index contributed by atoms with van der Waals surface area (Å²) in [5, 5.41) is 0. The van der Waals surface area contributed by atoms with E-state index in [1.165, 1.54) is 37.8 Å². The van der Waals surface area contributed by atoms with Crippen molar-refractivity contribution in [3.63, 3.8) is 0 Å². The van der Waals surface area contributed by atoms with E-state index in [-0.39, 0.29) is 0 Å². The first-order valence-corrected chi connectivity index (χ1v) is 7.96. The summed E-state index contributed by atoms with van der Waals surface area (Å²) in [6.07, 6.45) is 5.75. The first kappa shape index (κ1) is 13.9. The van der Waals surface area contributed by atoms with Gasteiger partial charge < -0.3 is 9.64 Å². The molecule has 2 fully saturated rings. The van der Waals surface area contributed by atoms with Crippen molar-refractivity contribution in [1.29, 1.82) is 0 Å².